The number of aliphatic hydroxyl groups is 1. The highest BCUT2D eigenvalue weighted by molar-refractivity contribution is 4.91. The predicted octanol–water partition coefficient (Wildman–Crippen LogP) is 5.08. The molecule has 0 bridgehead atoms. The van der Waals surface area contributed by atoms with Crippen molar-refractivity contribution in [2.75, 3.05) is 6.61 Å². The Morgan fingerprint density at radius 1 is 1.05 bits per heavy atom. The zero-order chi connectivity index (χ0) is 14.8. The summed E-state index contributed by atoms with van der Waals surface area (Å²) in [5.74, 6) is 0.658. The molecule has 1 fully saturated rings. The van der Waals surface area contributed by atoms with E-state index in [0.717, 1.165) is 25.9 Å². The average Bonchev–Trinajstić information content (AvgIpc) is 2.70. The Bertz CT molecular complexity index is 232. The topological polar surface area (TPSA) is 29.5 Å². The van der Waals surface area contributed by atoms with Crippen LogP contribution in [0.5, 0.6) is 0 Å². The molecule has 2 heteroatoms. The van der Waals surface area contributed by atoms with Gasteiger partial charge >= 0.3 is 0 Å². The Labute approximate surface area is 126 Å². The highest BCUT2D eigenvalue weighted by Crippen LogP contribution is 2.36. The molecule has 120 valence electrons. The second-order valence-corrected chi connectivity index (χ2v) is 6.58. The quantitative estimate of drug-likeness (QED) is 0.598. The molecule has 0 radical (unpaired) electrons. The maximum atomic E-state index is 10.9. The number of unbranched alkanes of at least 4 members (excludes halogenated alkanes) is 1. The minimum absolute atomic E-state index is 0.245. The van der Waals surface area contributed by atoms with Crippen LogP contribution in [0, 0.1) is 5.92 Å². The summed E-state index contributed by atoms with van der Waals surface area (Å²) in [5, 5.41) is 10.9. The molecule has 1 rings (SSSR count). The summed E-state index contributed by atoms with van der Waals surface area (Å²) < 4.78 is 6.11. The van der Waals surface area contributed by atoms with Crippen LogP contribution in [0.1, 0.15) is 91.4 Å². The molecule has 0 aromatic rings. The largest absolute Gasteiger partial charge is 0.390 e. The van der Waals surface area contributed by atoms with Gasteiger partial charge in [0.05, 0.1) is 11.7 Å². The van der Waals surface area contributed by atoms with Gasteiger partial charge in [-0.25, -0.2) is 0 Å². The lowest BCUT2D eigenvalue weighted by atomic mass is 9.81. The standard InChI is InChI=1S/C18H36O2/c1-4-7-12-16(5-2)15-17(19)18(20-6-3)13-10-8-9-11-14-18/h16-17,19H,4-15H2,1-3H3. The van der Waals surface area contributed by atoms with Crippen molar-refractivity contribution in [3.8, 4) is 0 Å². The molecule has 0 amide bonds. The number of rotatable bonds is 9. The molecule has 0 aromatic carbocycles. The molecule has 0 aliphatic heterocycles. The van der Waals surface area contributed by atoms with Crippen LogP contribution in [0.3, 0.4) is 0 Å². The van der Waals surface area contributed by atoms with Crippen LogP contribution >= 0.6 is 0 Å². The van der Waals surface area contributed by atoms with Crippen LogP contribution in [-0.2, 0) is 4.74 Å². The third-order valence-electron chi connectivity index (χ3n) is 5.09. The molecule has 1 aliphatic rings. The molecule has 1 aliphatic carbocycles. The summed E-state index contributed by atoms with van der Waals surface area (Å²) in [7, 11) is 0. The first kappa shape index (κ1) is 18.0. The Hall–Kier alpha value is -0.0800. The van der Waals surface area contributed by atoms with Gasteiger partial charge in [-0.05, 0) is 32.1 Å². The predicted molar refractivity (Wildman–Crippen MR) is 86.0 cm³/mol. The molecule has 20 heavy (non-hydrogen) atoms. The third kappa shape index (κ3) is 5.37. The molecule has 2 atom stereocenters. The summed E-state index contributed by atoms with van der Waals surface area (Å²) in [4.78, 5) is 0. The summed E-state index contributed by atoms with van der Waals surface area (Å²) in [6.45, 7) is 7.29. The van der Waals surface area contributed by atoms with Crippen molar-refractivity contribution < 1.29 is 9.84 Å². The van der Waals surface area contributed by atoms with Crippen LogP contribution in [0.4, 0.5) is 0 Å². The maximum absolute atomic E-state index is 10.9. The van der Waals surface area contributed by atoms with E-state index < -0.39 is 0 Å². The first-order valence-electron chi connectivity index (χ1n) is 9.00. The minimum Gasteiger partial charge on any atom is -0.390 e. The van der Waals surface area contributed by atoms with E-state index in [-0.39, 0.29) is 11.7 Å². The monoisotopic (exact) mass is 284 g/mol. The highest BCUT2D eigenvalue weighted by Gasteiger charge is 2.39. The van der Waals surface area contributed by atoms with E-state index in [4.69, 9.17) is 4.74 Å². The molecule has 0 saturated heterocycles. The number of hydrogen-bond donors (Lipinski definition) is 1. The van der Waals surface area contributed by atoms with Gasteiger partial charge in [0.15, 0.2) is 0 Å². The zero-order valence-corrected chi connectivity index (χ0v) is 14.0. The van der Waals surface area contributed by atoms with Gasteiger partial charge in [-0.15, -0.1) is 0 Å². The molecular weight excluding hydrogens is 248 g/mol. The van der Waals surface area contributed by atoms with Gasteiger partial charge in [0, 0.05) is 6.61 Å². The van der Waals surface area contributed by atoms with Crippen molar-refractivity contribution in [3.63, 3.8) is 0 Å². The van der Waals surface area contributed by atoms with Crippen LogP contribution in [0.25, 0.3) is 0 Å². The van der Waals surface area contributed by atoms with Gasteiger partial charge in [0.2, 0.25) is 0 Å². The van der Waals surface area contributed by atoms with E-state index in [2.05, 4.69) is 20.8 Å². The molecular formula is C18H36O2. The Kier molecular flexibility index (Phi) is 8.79. The second kappa shape index (κ2) is 9.78. The van der Waals surface area contributed by atoms with Gasteiger partial charge in [0.25, 0.3) is 0 Å². The van der Waals surface area contributed by atoms with Crippen molar-refractivity contribution in [2.45, 2.75) is 103 Å². The lowest BCUT2D eigenvalue weighted by Gasteiger charge is -2.38. The van der Waals surface area contributed by atoms with E-state index in [9.17, 15) is 5.11 Å². The molecule has 0 heterocycles. The van der Waals surface area contributed by atoms with Crippen LogP contribution in [0.2, 0.25) is 0 Å². The molecule has 1 N–H and O–H groups in total. The van der Waals surface area contributed by atoms with Gasteiger partial charge in [-0.1, -0.05) is 65.2 Å². The fraction of sp³-hybridized carbons (Fsp3) is 1.00. The Balaban J connectivity index is 2.63. The first-order chi connectivity index (χ1) is 9.68. The lowest BCUT2D eigenvalue weighted by molar-refractivity contribution is -0.135. The SMILES string of the molecule is CCCCC(CC)CC(O)C1(OCC)CCCCCC1. The maximum Gasteiger partial charge on any atom is 0.0940 e. The van der Waals surface area contributed by atoms with Gasteiger partial charge in [-0.3, -0.25) is 0 Å². The second-order valence-electron chi connectivity index (χ2n) is 6.58. The number of hydrogen-bond acceptors (Lipinski definition) is 2. The van der Waals surface area contributed by atoms with Crippen LogP contribution in [-0.4, -0.2) is 23.4 Å². The normalized spacial score (nSPS) is 22.2. The van der Waals surface area contributed by atoms with Crippen LogP contribution < -0.4 is 0 Å². The molecule has 1 saturated carbocycles. The van der Waals surface area contributed by atoms with E-state index in [0.29, 0.717) is 5.92 Å². The van der Waals surface area contributed by atoms with E-state index in [1.807, 2.05) is 0 Å². The van der Waals surface area contributed by atoms with E-state index >= 15 is 0 Å². The number of ether oxygens (including phenoxy) is 1. The van der Waals surface area contributed by atoms with Crippen molar-refractivity contribution in [3.05, 3.63) is 0 Å². The minimum atomic E-state index is -0.276. The van der Waals surface area contributed by atoms with Gasteiger partial charge in [0.1, 0.15) is 0 Å². The molecule has 2 nitrogen and oxygen atoms in total. The van der Waals surface area contributed by atoms with E-state index in [1.165, 1.54) is 51.4 Å². The summed E-state index contributed by atoms with van der Waals surface area (Å²) in [5.41, 5.74) is -0.245. The van der Waals surface area contributed by atoms with Crippen molar-refractivity contribution in [1.29, 1.82) is 0 Å². The molecule has 0 spiro atoms. The molecule has 2 unspecified atom stereocenters. The fourth-order valence-corrected chi connectivity index (χ4v) is 3.70. The lowest BCUT2D eigenvalue weighted by Crippen LogP contribution is -2.45. The molecule has 0 aromatic heterocycles. The summed E-state index contributed by atoms with van der Waals surface area (Å²) in [6, 6.07) is 0. The first-order valence-corrected chi connectivity index (χ1v) is 9.00. The summed E-state index contributed by atoms with van der Waals surface area (Å²) in [6.07, 6.45) is 12.7. The third-order valence-corrected chi connectivity index (χ3v) is 5.09. The van der Waals surface area contributed by atoms with E-state index in [1.54, 1.807) is 0 Å². The van der Waals surface area contributed by atoms with Crippen molar-refractivity contribution in [2.24, 2.45) is 5.92 Å². The average molecular weight is 284 g/mol. The highest BCUT2D eigenvalue weighted by atomic mass is 16.5. The Morgan fingerprint density at radius 2 is 1.70 bits per heavy atom. The zero-order valence-electron chi connectivity index (χ0n) is 14.0. The Morgan fingerprint density at radius 3 is 2.20 bits per heavy atom. The number of aliphatic hydroxyl groups excluding tert-OH is 1. The smallest absolute Gasteiger partial charge is 0.0940 e. The summed E-state index contributed by atoms with van der Waals surface area (Å²) >= 11 is 0. The fourth-order valence-electron chi connectivity index (χ4n) is 3.70. The van der Waals surface area contributed by atoms with Crippen LogP contribution in [0.15, 0.2) is 0 Å². The van der Waals surface area contributed by atoms with Crippen molar-refractivity contribution in [1.82, 2.24) is 0 Å². The van der Waals surface area contributed by atoms with Crippen molar-refractivity contribution >= 4 is 0 Å². The van der Waals surface area contributed by atoms with Gasteiger partial charge in [-0.2, -0.15) is 0 Å². The van der Waals surface area contributed by atoms with Gasteiger partial charge < -0.3 is 9.84 Å².